The van der Waals surface area contributed by atoms with Gasteiger partial charge in [0.25, 0.3) is 0 Å². The number of rotatable bonds is 0. The number of aromatic nitrogens is 2. The van der Waals surface area contributed by atoms with Crippen LogP contribution in [0.5, 0.6) is 0 Å². The van der Waals surface area contributed by atoms with E-state index in [9.17, 15) is 5.21 Å². The summed E-state index contributed by atoms with van der Waals surface area (Å²) in [6.07, 6.45) is 0. The summed E-state index contributed by atoms with van der Waals surface area (Å²) < 4.78 is 4.33. The average molecular weight is 166 g/mol. The van der Waals surface area contributed by atoms with Gasteiger partial charge < -0.3 is 5.21 Å². The van der Waals surface area contributed by atoms with E-state index in [1.54, 1.807) is 24.3 Å². The Hall–Kier alpha value is -1.58. The molecule has 4 heteroatoms. The molecule has 1 aromatic heterocycles. The summed E-state index contributed by atoms with van der Waals surface area (Å²) in [6, 6.07) is 6.92. The van der Waals surface area contributed by atoms with Gasteiger partial charge >= 0.3 is 0 Å². The van der Waals surface area contributed by atoms with Gasteiger partial charge in [-0.25, -0.2) is 0 Å². The molecule has 0 atom stereocenters. The molecule has 0 unspecified atom stereocenters. The maximum atomic E-state index is 10.7. The van der Waals surface area contributed by atoms with E-state index < -0.39 is 0 Å². The van der Waals surface area contributed by atoms with Crippen molar-refractivity contribution in [2.24, 2.45) is 0 Å². The fourth-order valence-corrected chi connectivity index (χ4v) is 0.821. The van der Waals surface area contributed by atoms with E-state index in [0.29, 0.717) is 15.9 Å². The zero-order chi connectivity index (χ0) is 8.97. The first-order valence-electron chi connectivity index (χ1n) is 3.82. The van der Waals surface area contributed by atoms with E-state index >= 15 is 0 Å². The van der Waals surface area contributed by atoms with Gasteiger partial charge in [-0.3, -0.25) is 4.63 Å². The number of nitrogens with zero attached hydrogens (tertiary/aromatic N) is 2. The predicted molar refractivity (Wildman–Crippen MR) is 44.3 cm³/mol. The second-order valence-electron chi connectivity index (χ2n) is 1.92. The molecule has 4 nitrogen and oxygen atoms in total. The van der Waals surface area contributed by atoms with Gasteiger partial charge in [0.1, 0.15) is 0 Å². The molecule has 64 valence electrons. The highest BCUT2D eigenvalue weighted by Gasteiger charge is 2.04. The van der Waals surface area contributed by atoms with Crippen LogP contribution in [0, 0.1) is 5.21 Å². The molecule has 0 radical (unpaired) electrons. The predicted octanol–water partition coefficient (Wildman–Crippen LogP) is 1.49. The van der Waals surface area contributed by atoms with Crippen molar-refractivity contribution in [1.29, 1.82) is 0 Å². The molecular weight excluding hydrogens is 156 g/mol. The first-order chi connectivity index (χ1) is 5.88. The highest BCUT2D eigenvalue weighted by molar-refractivity contribution is 5.69. The highest BCUT2D eigenvalue weighted by Crippen LogP contribution is 2.03. The van der Waals surface area contributed by atoms with Crippen LogP contribution in [0.15, 0.2) is 28.9 Å². The molecule has 0 bridgehead atoms. The van der Waals surface area contributed by atoms with Gasteiger partial charge in [0.2, 0.25) is 11.0 Å². The van der Waals surface area contributed by atoms with Crippen molar-refractivity contribution in [3.8, 4) is 0 Å². The third-order valence-corrected chi connectivity index (χ3v) is 1.29. The van der Waals surface area contributed by atoms with Gasteiger partial charge in [0, 0.05) is 5.16 Å². The SMILES string of the molecule is CC.[O-][n+]1onc2ccccc21. The summed E-state index contributed by atoms with van der Waals surface area (Å²) >= 11 is 0. The van der Waals surface area contributed by atoms with Gasteiger partial charge in [0.15, 0.2) is 0 Å². The molecule has 0 saturated carbocycles. The van der Waals surface area contributed by atoms with Crippen LogP contribution >= 0.6 is 0 Å². The Balaban J connectivity index is 0.000000336. The first kappa shape index (κ1) is 8.52. The molecular formula is C8H10N2O2. The largest absolute Gasteiger partial charge is 0.359 e. The molecule has 0 spiro atoms. The number of hydrogen-bond donors (Lipinski definition) is 0. The lowest BCUT2D eigenvalue weighted by Crippen LogP contribution is -2.22. The molecule has 2 aromatic rings. The van der Waals surface area contributed by atoms with Crippen LogP contribution in [0.2, 0.25) is 0 Å². The van der Waals surface area contributed by atoms with Gasteiger partial charge in [-0.2, -0.15) is 0 Å². The smallest absolute Gasteiger partial charge is 0.248 e. The molecule has 1 aromatic carbocycles. The van der Waals surface area contributed by atoms with E-state index in [1.807, 2.05) is 13.8 Å². The Morgan fingerprint density at radius 3 is 2.67 bits per heavy atom. The summed E-state index contributed by atoms with van der Waals surface area (Å²) in [5, 5.41) is 14.2. The number of hydrogen-bond acceptors (Lipinski definition) is 3. The second kappa shape index (κ2) is 3.71. The molecule has 0 amide bonds. The molecule has 0 saturated heterocycles. The van der Waals surface area contributed by atoms with E-state index in [0.717, 1.165) is 0 Å². The van der Waals surface area contributed by atoms with E-state index in [-0.39, 0.29) is 0 Å². The molecule has 0 aliphatic heterocycles. The summed E-state index contributed by atoms with van der Waals surface area (Å²) in [4.78, 5) is 0.384. The van der Waals surface area contributed by atoms with Crippen LogP contribution in [-0.4, -0.2) is 5.16 Å². The molecule has 1 heterocycles. The fraction of sp³-hybridized carbons (Fsp3) is 0.250. The minimum Gasteiger partial charge on any atom is -0.359 e. The minimum absolute atomic E-state index is 0.384. The molecule has 0 aliphatic carbocycles. The van der Waals surface area contributed by atoms with Crippen LogP contribution in [0.1, 0.15) is 13.8 Å². The maximum absolute atomic E-state index is 10.7. The normalized spacial score (nSPS) is 9.17. The summed E-state index contributed by atoms with van der Waals surface area (Å²) in [5.41, 5.74) is 1.04. The standard InChI is InChI=1S/C6H4N2O2.C2H6/c9-8-6-4-2-1-3-5(6)7-10-8;1-2/h1-4H;1-2H3. The van der Waals surface area contributed by atoms with Gasteiger partial charge in [0.05, 0.1) is 0 Å². The number of benzene rings is 1. The summed E-state index contributed by atoms with van der Waals surface area (Å²) in [7, 11) is 0. The molecule has 0 fully saturated rings. The van der Waals surface area contributed by atoms with Crippen molar-refractivity contribution < 1.29 is 9.53 Å². The van der Waals surface area contributed by atoms with Crippen LogP contribution in [0.3, 0.4) is 0 Å². The quantitative estimate of drug-likeness (QED) is 0.557. The van der Waals surface area contributed by atoms with Crippen LogP contribution in [0.4, 0.5) is 0 Å². The zero-order valence-electron chi connectivity index (χ0n) is 7.02. The Labute approximate surface area is 69.9 Å². The third kappa shape index (κ3) is 1.37. The lowest BCUT2D eigenvalue weighted by molar-refractivity contribution is -0.782. The van der Waals surface area contributed by atoms with E-state index in [1.165, 1.54) is 0 Å². The number of para-hydroxylation sites is 1. The fourth-order valence-electron chi connectivity index (χ4n) is 0.821. The van der Waals surface area contributed by atoms with Crippen molar-refractivity contribution in [3.63, 3.8) is 0 Å². The Morgan fingerprint density at radius 1 is 1.33 bits per heavy atom. The molecule has 2 rings (SSSR count). The monoisotopic (exact) mass is 166 g/mol. The zero-order valence-corrected chi connectivity index (χ0v) is 7.02. The molecule has 0 N–H and O–H groups in total. The Morgan fingerprint density at radius 2 is 2.00 bits per heavy atom. The Bertz CT molecular complexity index is 357. The molecule has 12 heavy (non-hydrogen) atoms. The first-order valence-corrected chi connectivity index (χ1v) is 3.82. The molecule has 0 aliphatic rings. The van der Waals surface area contributed by atoms with Gasteiger partial charge in [-0.1, -0.05) is 26.0 Å². The summed E-state index contributed by atoms with van der Waals surface area (Å²) in [6.45, 7) is 4.00. The van der Waals surface area contributed by atoms with Crippen LogP contribution in [0.25, 0.3) is 11.0 Å². The van der Waals surface area contributed by atoms with Crippen molar-refractivity contribution in [3.05, 3.63) is 29.5 Å². The Kier molecular flexibility index (Phi) is 2.63. The van der Waals surface area contributed by atoms with E-state index in [4.69, 9.17) is 0 Å². The van der Waals surface area contributed by atoms with Gasteiger partial charge in [-0.05, 0) is 17.0 Å². The van der Waals surface area contributed by atoms with Crippen LogP contribution < -0.4 is 4.90 Å². The highest BCUT2D eigenvalue weighted by atomic mass is 16.8. The third-order valence-electron chi connectivity index (χ3n) is 1.29. The summed E-state index contributed by atoms with van der Waals surface area (Å²) in [5.74, 6) is 0. The minimum atomic E-state index is 0.384. The van der Waals surface area contributed by atoms with Crippen molar-refractivity contribution in [2.45, 2.75) is 13.8 Å². The topological polar surface area (TPSA) is 53.0 Å². The van der Waals surface area contributed by atoms with Gasteiger partial charge in [-0.15, -0.1) is 0 Å². The second-order valence-corrected chi connectivity index (χ2v) is 1.92. The van der Waals surface area contributed by atoms with Crippen LogP contribution in [-0.2, 0) is 0 Å². The lowest BCUT2D eigenvalue weighted by atomic mass is 10.3. The number of fused-ring (bicyclic) bond motifs is 1. The van der Waals surface area contributed by atoms with E-state index in [2.05, 4.69) is 9.79 Å². The lowest BCUT2D eigenvalue weighted by Gasteiger charge is -1.82. The van der Waals surface area contributed by atoms with Crippen molar-refractivity contribution in [1.82, 2.24) is 5.16 Å². The maximum Gasteiger partial charge on any atom is 0.248 e. The van der Waals surface area contributed by atoms with Crippen molar-refractivity contribution >= 4 is 11.0 Å². The average Bonchev–Trinajstić information content (AvgIpc) is 2.53. The van der Waals surface area contributed by atoms with Crippen molar-refractivity contribution in [2.75, 3.05) is 0 Å².